The van der Waals surface area contributed by atoms with Crippen LogP contribution in [0.15, 0.2) is 22.8 Å². The monoisotopic (exact) mass is 240 g/mol. The largest absolute Gasteiger partial charge is 0.463 e. The molecular weight excluding hydrogens is 220 g/mol. The number of allylic oxidation sites excluding steroid dienone is 2. The van der Waals surface area contributed by atoms with Crippen LogP contribution in [0.25, 0.3) is 0 Å². The van der Waals surface area contributed by atoms with Gasteiger partial charge in [0.15, 0.2) is 0 Å². The molecular formula is C13H20O4. The molecule has 0 saturated carbocycles. The molecule has 4 heteroatoms. The molecule has 0 rings (SSSR count). The lowest BCUT2D eigenvalue weighted by molar-refractivity contribution is -0.139. The van der Waals surface area contributed by atoms with Crippen LogP contribution in [0.2, 0.25) is 0 Å². The molecule has 0 fully saturated rings. The van der Waals surface area contributed by atoms with Gasteiger partial charge < -0.3 is 9.47 Å². The summed E-state index contributed by atoms with van der Waals surface area (Å²) in [5, 5.41) is 0. The molecule has 96 valence electrons. The van der Waals surface area contributed by atoms with Gasteiger partial charge in [-0.3, -0.25) is 0 Å². The highest BCUT2D eigenvalue weighted by Gasteiger charge is 2.10. The van der Waals surface area contributed by atoms with Gasteiger partial charge in [0.25, 0.3) is 0 Å². The first-order chi connectivity index (χ1) is 7.93. The Balaban J connectivity index is 4.89. The van der Waals surface area contributed by atoms with E-state index in [2.05, 4.69) is 0 Å². The fourth-order valence-corrected chi connectivity index (χ4v) is 1.16. The van der Waals surface area contributed by atoms with Crippen molar-refractivity contribution in [3.63, 3.8) is 0 Å². The molecule has 0 N–H and O–H groups in total. The predicted molar refractivity (Wildman–Crippen MR) is 65.4 cm³/mol. The summed E-state index contributed by atoms with van der Waals surface area (Å²) in [5.74, 6) is -0.761. The van der Waals surface area contributed by atoms with Crippen molar-refractivity contribution in [2.75, 3.05) is 13.2 Å². The molecule has 0 saturated heterocycles. The van der Waals surface area contributed by atoms with Gasteiger partial charge in [-0.25, -0.2) is 9.59 Å². The van der Waals surface area contributed by atoms with Crippen LogP contribution in [0.1, 0.15) is 34.6 Å². The third-order valence-corrected chi connectivity index (χ3v) is 2.36. The van der Waals surface area contributed by atoms with Crippen LogP contribution < -0.4 is 0 Å². The van der Waals surface area contributed by atoms with Crippen LogP contribution in [-0.4, -0.2) is 25.2 Å². The van der Waals surface area contributed by atoms with Gasteiger partial charge in [0.05, 0.1) is 13.2 Å². The van der Waals surface area contributed by atoms with Crippen molar-refractivity contribution in [3.05, 3.63) is 22.8 Å². The number of carbonyl (C=O) groups excluding carboxylic acids is 2. The third kappa shape index (κ3) is 5.33. The van der Waals surface area contributed by atoms with Crippen molar-refractivity contribution >= 4 is 11.9 Å². The lowest BCUT2D eigenvalue weighted by Crippen LogP contribution is -2.08. The highest BCUT2D eigenvalue weighted by molar-refractivity contribution is 5.90. The van der Waals surface area contributed by atoms with E-state index in [9.17, 15) is 9.59 Å². The SMILES string of the molecule is CCOC(=O)/C=C(C)/C(C)=C(\C)C(=O)OCC. The summed E-state index contributed by atoms with van der Waals surface area (Å²) in [7, 11) is 0. The topological polar surface area (TPSA) is 52.6 Å². The van der Waals surface area contributed by atoms with Crippen molar-refractivity contribution in [1.29, 1.82) is 0 Å². The average molecular weight is 240 g/mol. The summed E-state index contributed by atoms with van der Waals surface area (Å²) in [4.78, 5) is 22.7. The molecule has 0 spiro atoms. The molecule has 17 heavy (non-hydrogen) atoms. The number of rotatable bonds is 5. The zero-order valence-corrected chi connectivity index (χ0v) is 11.1. The summed E-state index contributed by atoms with van der Waals surface area (Å²) in [6, 6.07) is 0. The van der Waals surface area contributed by atoms with E-state index in [1.54, 1.807) is 34.6 Å². The summed E-state index contributed by atoms with van der Waals surface area (Å²) in [6.07, 6.45) is 1.38. The maximum atomic E-state index is 11.5. The number of hydrogen-bond donors (Lipinski definition) is 0. The molecule has 4 nitrogen and oxygen atoms in total. The second kappa shape index (κ2) is 7.65. The van der Waals surface area contributed by atoms with Gasteiger partial charge in [-0.2, -0.15) is 0 Å². The Morgan fingerprint density at radius 3 is 1.94 bits per heavy atom. The number of esters is 2. The molecule has 0 radical (unpaired) electrons. The summed E-state index contributed by atoms with van der Waals surface area (Å²) in [6.45, 7) is 9.38. The Morgan fingerprint density at radius 2 is 1.47 bits per heavy atom. The Kier molecular flexibility index (Phi) is 6.94. The van der Waals surface area contributed by atoms with Crippen LogP contribution in [0.4, 0.5) is 0 Å². The smallest absolute Gasteiger partial charge is 0.333 e. The normalized spacial score (nSPS) is 12.9. The van der Waals surface area contributed by atoms with E-state index in [4.69, 9.17) is 9.47 Å². The standard InChI is InChI=1S/C13H20O4/c1-6-16-12(14)8-9(3)10(4)11(5)13(15)17-7-2/h8H,6-7H2,1-5H3/b9-8+,11-10+. The fourth-order valence-electron chi connectivity index (χ4n) is 1.16. The molecule has 0 atom stereocenters. The van der Waals surface area contributed by atoms with Crippen LogP contribution in [0.3, 0.4) is 0 Å². The number of hydrogen-bond acceptors (Lipinski definition) is 4. The Hall–Kier alpha value is -1.58. The third-order valence-electron chi connectivity index (χ3n) is 2.36. The van der Waals surface area contributed by atoms with Crippen LogP contribution in [0.5, 0.6) is 0 Å². The lowest BCUT2D eigenvalue weighted by Gasteiger charge is -2.07. The maximum Gasteiger partial charge on any atom is 0.333 e. The van der Waals surface area contributed by atoms with E-state index in [1.165, 1.54) is 6.08 Å². The highest BCUT2D eigenvalue weighted by atomic mass is 16.5. The molecule has 0 bridgehead atoms. The van der Waals surface area contributed by atoms with E-state index >= 15 is 0 Å². The molecule has 0 aliphatic heterocycles. The van der Waals surface area contributed by atoms with Gasteiger partial charge in [-0.05, 0) is 45.8 Å². The molecule has 0 aromatic carbocycles. The van der Waals surface area contributed by atoms with Gasteiger partial charge in [-0.1, -0.05) is 0 Å². The van der Waals surface area contributed by atoms with Crippen molar-refractivity contribution < 1.29 is 19.1 Å². The first-order valence-electron chi connectivity index (χ1n) is 5.64. The quantitative estimate of drug-likeness (QED) is 0.420. The van der Waals surface area contributed by atoms with Crippen molar-refractivity contribution in [2.24, 2.45) is 0 Å². The number of carbonyl (C=O) groups is 2. The first kappa shape index (κ1) is 15.4. The molecule has 0 aromatic rings. The summed E-state index contributed by atoms with van der Waals surface area (Å²) >= 11 is 0. The van der Waals surface area contributed by atoms with Gasteiger partial charge in [-0.15, -0.1) is 0 Å². The van der Waals surface area contributed by atoms with E-state index in [-0.39, 0.29) is 5.97 Å². The number of ether oxygens (including phenoxy) is 2. The Morgan fingerprint density at radius 1 is 0.941 bits per heavy atom. The molecule has 0 aliphatic rings. The zero-order valence-electron chi connectivity index (χ0n) is 11.1. The minimum absolute atomic E-state index is 0.336. The molecule has 0 heterocycles. The van der Waals surface area contributed by atoms with Gasteiger partial charge >= 0.3 is 11.9 Å². The average Bonchev–Trinajstić information content (AvgIpc) is 2.27. The fraction of sp³-hybridized carbons (Fsp3) is 0.538. The lowest BCUT2D eigenvalue weighted by atomic mass is 10.0. The molecule has 0 amide bonds. The summed E-state index contributed by atoms with van der Waals surface area (Å²) < 4.78 is 9.68. The minimum Gasteiger partial charge on any atom is -0.463 e. The van der Waals surface area contributed by atoms with Crippen LogP contribution in [-0.2, 0) is 19.1 Å². The van der Waals surface area contributed by atoms with Crippen molar-refractivity contribution in [1.82, 2.24) is 0 Å². The van der Waals surface area contributed by atoms with Crippen LogP contribution in [0, 0.1) is 0 Å². The summed E-state index contributed by atoms with van der Waals surface area (Å²) in [5.41, 5.74) is 1.94. The van der Waals surface area contributed by atoms with E-state index in [0.29, 0.717) is 24.4 Å². The maximum absolute atomic E-state index is 11.5. The minimum atomic E-state index is -0.402. The molecule has 0 aliphatic carbocycles. The van der Waals surface area contributed by atoms with Gasteiger partial charge in [0.2, 0.25) is 0 Å². The van der Waals surface area contributed by atoms with Crippen LogP contribution >= 0.6 is 0 Å². The first-order valence-corrected chi connectivity index (χ1v) is 5.64. The molecule has 0 unspecified atom stereocenters. The second-order valence-electron chi connectivity index (χ2n) is 3.55. The predicted octanol–water partition coefficient (Wildman–Crippen LogP) is 2.40. The Bertz CT molecular complexity index is 350. The highest BCUT2D eigenvalue weighted by Crippen LogP contribution is 2.15. The molecule has 0 aromatic heterocycles. The van der Waals surface area contributed by atoms with E-state index < -0.39 is 5.97 Å². The zero-order chi connectivity index (χ0) is 13.4. The van der Waals surface area contributed by atoms with Gasteiger partial charge in [0, 0.05) is 11.6 Å². The second-order valence-corrected chi connectivity index (χ2v) is 3.55. The van der Waals surface area contributed by atoms with Crippen molar-refractivity contribution in [3.8, 4) is 0 Å². The van der Waals surface area contributed by atoms with Crippen molar-refractivity contribution in [2.45, 2.75) is 34.6 Å². The Labute approximate surface area is 102 Å². The van der Waals surface area contributed by atoms with Gasteiger partial charge in [0.1, 0.15) is 0 Å². The van der Waals surface area contributed by atoms with E-state index in [1.807, 2.05) is 0 Å². The van der Waals surface area contributed by atoms with E-state index in [0.717, 1.165) is 5.57 Å².